The zero-order valence-corrected chi connectivity index (χ0v) is 7.33. The Hall–Kier alpha value is 0.467. The summed E-state index contributed by atoms with van der Waals surface area (Å²) < 4.78 is 0. The van der Waals surface area contributed by atoms with Crippen LogP contribution in [0, 0.1) is 0 Å². The fourth-order valence-corrected chi connectivity index (χ4v) is 1.97. The Kier molecular flexibility index (Phi) is 3.69. The number of hydrogen-bond donors (Lipinski definition) is 1. The van der Waals surface area contributed by atoms with E-state index in [-0.39, 0.29) is 0 Å². The van der Waals surface area contributed by atoms with Crippen LogP contribution in [0.25, 0.3) is 0 Å². The van der Waals surface area contributed by atoms with Crippen LogP contribution < -0.4 is 5.73 Å². The summed E-state index contributed by atoms with van der Waals surface area (Å²) in [5, 5.41) is 0. The quantitative estimate of drug-likeness (QED) is 0.483. The van der Waals surface area contributed by atoms with Crippen LogP contribution in [0.4, 0.5) is 0 Å². The maximum atomic E-state index is 6.00. The second-order valence-corrected chi connectivity index (χ2v) is 9.62. The molecule has 0 saturated carbocycles. The van der Waals surface area contributed by atoms with Crippen molar-refractivity contribution in [3.8, 4) is 0 Å². The Morgan fingerprint density at radius 3 is 2.12 bits per heavy atom. The molecule has 3 heteroatoms. The number of hydrogen-bond acceptors (Lipinski definition) is 1. The highest BCUT2D eigenvalue weighted by molar-refractivity contribution is 7.19. The fraction of sp³-hybridized carbons (Fsp3) is 1.00. The lowest BCUT2D eigenvalue weighted by Crippen LogP contribution is -2.17. The summed E-state index contributed by atoms with van der Waals surface area (Å²) in [5.74, 6) is 0. The summed E-state index contributed by atoms with van der Waals surface area (Å²) in [5.41, 5.74) is 5.30. The van der Waals surface area contributed by atoms with Gasteiger partial charge < -0.3 is 5.73 Å². The summed E-state index contributed by atoms with van der Waals surface area (Å²) >= 11 is 6.00. The van der Waals surface area contributed by atoms with Crippen molar-refractivity contribution in [1.82, 2.24) is 0 Å². The van der Waals surface area contributed by atoms with Gasteiger partial charge in [-0.2, -0.15) is 11.1 Å². The Bertz CT molecular complexity index is 59.9. The van der Waals surface area contributed by atoms with Gasteiger partial charge in [0.25, 0.3) is 0 Å². The van der Waals surface area contributed by atoms with E-state index in [1.807, 2.05) is 0 Å². The maximum Gasteiger partial charge on any atom is 0.150 e. The van der Waals surface area contributed by atoms with Crippen molar-refractivity contribution >= 4 is 18.5 Å². The summed E-state index contributed by atoms with van der Waals surface area (Å²) in [6, 6.07) is 1.14. The van der Waals surface area contributed by atoms with E-state index < -0.39 is 7.38 Å². The highest BCUT2D eigenvalue weighted by atomic mass is 35.6. The molecule has 0 amide bonds. The van der Waals surface area contributed by atoms with Gasteiger partial charge in [-0.05, 0) is 19.0 Å². The topological polar surface area (TPSA) is 26.0 Å². The zero-order valence-electron chi connectivity index (χ0n) is 5.58. The highest BCUT2D eigenvalue weighted by Gasteiger charge is 2.14. The molecule has 0 saturated heterocycles. The summed E-state index contributed by atoms with van der Waals surface area (Å²) in [7, 11) is -1.29. The molecule has 0 radical (unpaired) electrons. The van der Waals surface area contributed by atoms with E-state index in [2.05, 4.69) is 13.1 Å². The Labute approximate surface area is 56.9 Å². The molecule has 2 N–H and O–H groups in total. The van der Waals surface area contributed by atoms with E-state index in [1.165, 1.54) is 0 Å². The molecule has 0 spiro atoms. The first-order valence-corrected chi connectivity index (χ1v) is 7.17. The van der Waals surface area contributed by atoms with Crippen LogP contribution in [0.15, 0.2) is 0 Å². The first-order chi connectivity index (χ1) is 3.56. The van der Waals surface area contributed by atoms with Crippen molar-refractivity contribution in [3.63, 3.8) is 0 Å². The van der Waals surface area contributed by atoms with Gasteiger partial charge in [-0.3, -0.25) is 0 Å². The number of nitrogens with two attached hydrogens (primary N) is 1. The minimum atomic E-state index is -1.29. The van der Waals surface area contributed by atoms with E-state index in [4.69, 9.17) is 16.8 Å². The lowest BCUT2D eigenvalue weighted by Gasteiger charge is -2.09. The molecule has 0 aliphatic rings. The van der Waals surface area contributed by atoms with E-state index in [1.54, 1.807) is 0 Å². The van der Waals surface area contributed by atoms with Crippen molar-refractivity contribution in [1.29, 1.82) is 0 Å². The highest BCUT2D eigenvalue weighted by Crippen LogP contribution is 2.14. The molecule has 0 fully saturated rings. The SMILES string of the molecule is C[Si](C)(Cl)CCCN. The van der Waals surface area contributed by atoms with Crippen molar-refractivity contribution in [2.24, 2.45) is 5.73 Å². The first-order valence-electron chi connectivity index (χ1n) is 2.95. The molecule has 0 bridgehead atoms. The lowest BCUT2D eigenvalue weighted by molar-refractivity contribution is 0.918. The molecule has 50 valence electrons. The van der Waals surface area contributed by atoms with Gasteiger partial charge in [0.15, 0.2) is 7.38 Å². The molecule has 0 aliphatic carbocycles. The van der Waals surface area contributed by atoms with Gasteiger partial charge in [-0.25, -0.2) is 0 Å². The van der Waals surface area contributed by atoms with Crippen molar-refractivity contribution in [2.75, 3.05) is 6.54 Å². The summed E-state index contributed by atoms with van der Waals surface area (Å²) in [4.78, 5) is 0. The molecule has 0 unspecified atom stereocenters. The average Bonchev–Trinajstić information content (AvgIpc) is 1.59. The predicted octanol–water partition coefficient (Wildman–Crippen LogP) is 1.78. The van der Waals surface area contributed by atoms with Gasteiger partial charge in [-0.15, -0.1) is 0 Å². The minimum Gasteiger partial charge on any atom is -0.330 e. The van der Waals surface area contributed by atoms with Crippen LogP contribution in [-0.2, 0) is 0 Å². The molecule has 0 atom stereocenters. The van der Waals surface area contributed by atoms with E-state index in [0.717, 1.165) is 19.0 Å². The molecule has 8 heavy (non-hydrogen) atoms. The zero-order chi connectivity index (χ0) is 6.62. The molecular formula is C5H14ClNSi. The predicted molar refractivity (Wildman–Crippen MR) is 41.8 cm³/mol. The Morgan fingerprint density at radius 1 is 1.50 bits per heavy atom. The van der Waals surface area contributed by atoms with Crippen LogP contribution in [-0.4, -0.2) is 13.9 Å². The van der Waals surface area contributed by atoms with Gasteiger partial charge >= 0.3 is 0 Å². The lowest BCUT2D eigenvalue weighted by atomic mass is 10.5. The molecule has 0 heterocycles. The third-order valence-corrected chi connectivity index (χ3v) is 3.08. The van der Waals surface area contributed by atoms with Crippen molar-refractivity contribution in [2.45, 2.75) is 25.6 Å². The largest absolute Gasteiger partial charge is 0.330 e. The van der Waals surface area contributed by atoms with Gasteiger partial charge in [0.2, 0.25) is 0 Å². The Morgan fingerprint density at radius 2 is 2.00 bits per heavy atom. The smallest absolute Gasteiger partial charge is 0.150 e. The van der Waals surface area contributed by atoms with Crippen LogP contribution in [0.3, 0.4) is 0 Å². The van der Waals surface area contributed by atoms with Crippen LogP contribution in [0.5, 0.6) is 0 Å². The number of halogens is 1. The van der Waals surface area contributed by atoms with Crippen LogP contribution in [0.2, 0.25) is 19.1 Å². The maximum absolute atomic E-state index is 6.00. The third kappa shape index (κ3) is 6.47. The standard InChI is InChI=1S/C5H14ClNSi/c1-8(2,6)5-3-4-7/h3-5,7H2,1-2H3. The van der Waals surface area contributed by atoms with E-state index >= 15 is 0 Å². The minimum absolute atomic E-state index is 0.781. The van der Waals surface area contributed by atoms with Crippen molar-refractivity contribution < 1.29 is 0 Å². The monoisotopic (exact) mass is 151 g/mol. The molecule has 0 aromatic rings. The van der Waals surface area contributed by atoms with Crippen molar-refractivity contribution in [3.05, 3.63) is 0 Å². The molecule has 1 nitrogen and oxygen atoms in total. The molecule has 0 rings (SSSR count). The second kappa shape index (κ2) is 3.48. The van der Waals surface area contributed by atoms with Gasteiger partial charge in [-0.1, -0.05) is 13.1 Å². The normalized spacial score (nSPS) is 12.0. The molecule has 0 aromatic carbocycles. The van der Waals surface area contributed by atoms with E-state index in [0.29, 0.717) is 0 Å². The van der Waals surface area contributed by atoms with Gasteiger partial charge in [0.1, 0.15) is 0 Å². The average molecular weight is 152 g/mol. The molecular weight excluding hydrogens is 138 g/mol. The number of rotatable bonds is 3. The van der Waals surface area contributed by atoms with Gasteiger partial charge in [0.05, 0.1) is 0 Å². The molecule has 0 aliphatic heterocycles. The third-order valence-electron chi connectivity index (χ3n) is 0.975. The first kappa shape index (κ1) is 8.47. The second-order valence-electron chi connectivity index (χ2n) is 2.61. The van der Waals surface area contributed by atoms with Crippen LogP contribution in [0.1, 0.15) is 6.42 Å². The Balaban J connectivity index is 3.11. The van der Waals surface area contributed by atoms with Crippen LogP contribution >= 0.6 is 11.1 Å². The summed E-state index contributed by atoms with van der Waals surface area (Å²) in [6.07, 6.45) is 1.09. The van der Waals surface area contributed by atoms with E-state index in [9.17, 15) is 0 Å². The fourth-order valence-electron chi connectivity index (χ4n) is 0.522. The summed E-state index contributed by atoms with van der Waals surface area (Å²) in [6.45, 7) is 5.07. The van der Waals surface area contributed by atoms with Gasteiger partial charge in [0, 0.05) is 0 Å². The molecule has 0 aromatic heterocycles.